The first-order valence-corrected chi connectivity index (χ1v) is 6.78. The average molecular weight is 268 g/mol. The van der Waals surface area contributed by atoms with Crippen LogP contribution in [0.4, 0.5) is 10.1 Å². The summed E-state index contributed by atoms with van der Waals surface area (Å²) < 4.78 is 14.0. The second kappa shape index (κ2) is 7.46. The standard InChI is InChI=1S/C15H25FN2O/c1-11(2)8-17-9-13-5-6-15(14(16)7-13)18(4)10-12(3)19/h5-7,11-12,17,19H,8-10H2,1-4H3. The molecule has 0 aliphatic heterocycles. The van der Waals surface area contributed by atoms with Crippen LogP contribution in [0.15, 0.2) is 18.2 Å². The molecule has 0 aromatic heterocycles. The summed E-state index contributed by atoms with van der Waals surface area (Å²) in [5.41, 5.74) is 1.46. The molecular weight excluding hydrogens is 243 g/mol. The molecular formula is C15H25FN2O. The second-order valence-electron chi connectivity index (χ2n) is 5.54. The molecule has 1 aromatic carbocycles. The van der Waals surface area contributed by atoms with Gasteiger partial charge in [0.2, 0.25) is 0 Å². The summed E-state index contributed by atoms with van der Waals surface area (Å²) in [7, 11) is 1.78. The zero-order chi connectivity index (χ0) is 14.4. The van der Waals surface area contributed by atoms with Crippen LogP contribution in [0.5, 0.6) is 0 Å². The number of likely N-dealkylation sites (N-methyl/N-ethyl adjacent to an activating group) is 1. The van der Waals surface area contributed by atoms with Crippen LogP contribution in [-0.4, -0.2) is 31.3 Å². The number of nitrogens with zero attached hydrogens (tertiary/aromatic N) is 1. The molecule has 1 unspecified atom stereocenters. The molecule has 0 fully saturated rings. The van der Waals surface area contributed by atoms with Crippen LogP contribution in [0.1, 0.15) is 26.3 Å². The molecule has 0 bridgehead atoms. The number of aliphatic hydroxyl groups is 1. The van der Waals surface area contributed by atoms with Crippen molar-refractivity contribution in [1.29, 1.82) is 0 Å². The zero-order valence-corrected chi connectivity index (χ0v) is 12.3. The maximum Gasteiger partial charge on any atom is 0.146 e. The van der Waals surface area contributed by atoms with Crippen LogP contribution >= 0.6 is 0 Å². The Kier molecular flexibility index (Phi) is 6.25. The van der Waals surface area contributed by atoms with Gasteiger partial charge in [-0.1, -0.05) is 19.9 Å². The Labute approximate surface area is 115 Å². The normalized spacial score (nSPS) is 12.8. The van der Waals surface area contributed by atoms with Gasteiger partial charge in [0.15, 0.2) is 0 Å². The third-order valence-electron chi connectivity index (χ3n) is 2.84. The summed E-state index contributed by atoms with van der Waals surface area (Å²) >= 11 is 0. The van der Waals surface area contributed by atoms with Crippen molar-refractivity contribution >= 4 is 5.69 Å². The van der Waals surface area contributed by atoms with E-state index in [-0.39, 0.29) is 5.82 Å². The largest absolute Gasteiger partial charge is 0.392 e. The number of anilines is 1. The first kappa shape index (κ1) is 15.9. The number of hydrogen-bond donors (Lipinski definition) is 2. The lowest BCUT2D eigenvalue weighted by atomic mass is 10.1. The van der Waals surface area contributed by atoms with Gasteiger partial charge in [-0.25, -0.2) is 4.39 Å². The van der Waals surface area contributed by atoms with E-state index >= 15 is 0 Å². The fraction of sp³-hybridized carbons (Fsp3) is 0.600. The molecule has 108 valence electrons. The number of aliphatic hydroxyl groups excluding tert-OH is 1. The lowest BCUT2D eigenvalue weighted by molar-refractivity contribution is 0.201. The molecule has 19 heavy (non-hydrogen) atoms. The molecule has 2 N–H and O–H groups in total. The summed E-state index contributed by atoms with van der Waals surface area (Å²) in [6, 6.07) is 5.25. The van der Waals surface area contributed by atoms with Gasteiger partial charge in [0.25, 0.3) is 0 Å². The summed E-state index contributed by atoms with van der Waals surface area (Å²) in [6.45, 7) is 7.99. The van der Waals surface area contributed by atoms with E-state index in [4.69, 9.17) is 0 Å². The molecule has 0 radical (unpaired) electrons. The van der Waals surface area contributed by atoms with E-state index in [9.17, 15) is 9.50 Å². The van der Waals surface area contributed by atoms with Crippen LogP contribution in [0.3, 0.4) is 0 Å². The van der Waals surface area contributed by atoms with E-state index < -0.39 is 6.10 Å². The van der Waals surface area contributed by atoms with Crippen molar-refractivity contribution in [3.63, 3.8) is 0 Å². The van der Waals surface area contributed by atoms with Gasteiger partial charge < -0.3 is 15.3 Å². The van der Waals surface area contributed by atoms with Gasteiger partial charge in [-0.3, -0.25) is 0 Å². The van der Waals surface area contributed by atoms with Crippen molar-refractivity contribution in [3.05, 3.63) is 29.6 Å². The van der Waals surface area contributed by atoms with Gasteiger partial charge in [0.1, 0.15) is 5.82 Å². The first-order chi connectivity index (χ1) is 8.90. The Morgan fingerprint density at radius 3 is 2.53 bits per heavy atom. The Morgan fingerprint density at radius 2 is 2.00 bits per heavy atom. The minimum atomic E-state index is -0.475. The Bertz CT molecular complexity index is 394. The Balaban J connectivity index is 2.63. The molecule has 0 saturated carbocycles. The third kappa shape index (κ3) is 5.57. The fourth-order valence-corrected chi connectivity index (χ4v) is 1.97. The molecule has 1 atom stereocenters. The van der Waals surface area contributed by atoms with Crippen molar-refractivity contribution in [2.75, 3.05) is 25.0 Å². The van der Waals surface area contributed by atoms with Crippen LogP contribution in [0, 0.1) is 11.7 Å². The molecule has 0 saturated heterocycles. The van der Waals surface area contributed by atoms with E-state index in [1.165, 1.54) is 0 Å². The summed E-state index contributed by atoms with van der Waals surface area (Å²) in [6.07, 6.45) is -0.475. The highest BCUT2D eigenvalue weighted by atomic mass is 19.1. The van der Waals surface area contributed by atoms with Crippen molar-refractivity contribution in [2.24, 2.45) is 5.92 Å². The van der Waals surface area contributed by atoms with Gasteiger partial charge in [-0.15, -0.1) is 0 Å². The van der Waals surface area contributed by atoms with E-state index in [1.54, 1.807) is 31.0 Å². The molecule has 0 heterocycles. The highest BCUT2D eigenvalue weighted by molar-refractivity contribution is 5.48. The van der Waals surface area contributed by atoms with E-state index in [0.29, 0.717) is 24.7 Å². The second-order valence-corrected chi connectivity index (χ2v) is 5.54. The van der Waals surface area contributed by atoms with Crippen LogP contribution in [0.25, 0.3) is 0 Å². The van der Waals surface area contributed by atoms with E-state index in [2.05, 4.69) is 19.2 Å². The maximum absolute atomic E-state index is 14.0. The first-order valence-electron chi connectivity index (χ1n) is 6.78. The summed E-state index contributed by atoms with van der Waals surface area (Å²) in [5, 5.41) is 12.6. The van der Waals surface area contributed by atoms with Crippen molar-refractivity contribution < 1.29 is 9.50 Å². The minimum Gasteiger partial charge on any atom is -0.392 e. The number of rotatable bonds is 7. The van der Waals surface area contributed by atoms with Gasteiger partial charge >= 0.3 is 0 Å². The van der Waals surface area contributed by atoms with Crippen molar-refractivity contribution in [1.82, 2.24) is 5.32 Å². The van der Waals surface area contributed by atoms with Crippen molar-refractivity contribution in [3.8, 4) is 0 Å². The molecule has 3 nitrogen and oxygen atoms in total. The number of nitrogens with one attached hydrogen (secondary N) is 1. The molecule has 1 rings (SSSR count). The van der Waals surface area contributed by atoms with Gasteiger partial charge in [-0.2, -0.15) is 0 Å². The monoisotopic (exact) mass is 268 g/mol. The number of halogens is 1. The van der Waals surface area contributed by atoms with E-state index in [1.807, 2.05) is 6.07 Å². The van der Waals surface area contributed by atoms with Gasteiger partial charge in [-0.05, 0) is 37.1 Å². The Hall–Kier alpha value is -1.13. The highest BCUT2D eigenvalue weighted by Gasteiger charge is 2.10. The molecule has 0 amide bonds. The molecule has 4 heteroatoms. The van der Waals surface area contributed by atoms with E-state index in [0.717, 1.165) is 12.1 Å². The fourth-order valence-electron chi connectivity index (χ4n) is 1.97. The smallest absolute Gasteiger partial charge is 0.146 e. The van der Waals surface area contributed by atoms with Gasteiger partial charge in [0, 0.05) is 20.1 Å². The Morgan fingerprint density at radius 1 is 1.32 bits per heavy atom. The molecule has 0 aliphatic rings. The predicted octanol–water partition coefficient (Wildman–Crippen LogP) is 2.39. The quantitative estimate of drug-likeness (QED) is 0.797. The molecule has 1 aromatic rings. The third-order valence-corrected chi connectivity index (χ3v) is 2.84. The molecule has 0 aliphatic carbocycles. The number of benzene rings is 1. The summed E-state index contributed by atoms with van der Waals surface area (Å²) in [4.78, 5) is 1.73. The maximum atomic E-state index is 14.0. The van der Waals surface area contributed by atoms with Gasteiger partial charge in [0.05, 0.1) is 11.8 Å². The number of hydrogen-bond acceptors (Lipinski definition) is 3. The lowest BCUT2D eigenvalue weighted by Gasteiger charge is -2.21. The minimum absolute atomic E-state index is 0.244. The zero-order valence-electron chi connectivity index (χ0n) is 12.3. The summed E-state index contributed by atoms with van der Waals surface area (Å²) in [5.74, 6) is 0.341. The molecule has 0 spiro atoms. The van der Waals surface area contributed by atoms with Crippen LogP contribution in [-0.2, 0) is 6.54 Å². The topological polar surface area (TPSA) is 35.5 Å². The van der Waals surface area contributed by atoms with Crippen LogP contribution < -0.4 is 10.2 Å². The predicted molar refractivity (Wildman–Crippen MR) is 77.9 cm³/mol. The van der Waals surface area contributed by atoms with Crippen LogP contribution in [0.2, 0.25) is 0 Å². The SMILES string of the molecule is CC(C)CNCc1ccc(N(C)CC(C)O)c(F)c1. The average Bonchev–Trinajstić information content (AvgIpc) is 2.27. The van der Waals surface area contributed by atoms with Crippen molar-refractivity contribution in [2.45, 2.75) is 33.4 Å². The lowest BCUT2D eigenvalue weighted by Crippen LogP contribution is -2.27. The highest BCUT2D eigenvalue weighted by Crippen LogP contribution is 2.19.